The predicted molar refractivity (Wildman–Crippen MR) is 93.8 cm³/mol. The molecule has 2 amide bonds. The standard InChI is InChI=1S/C18H17N5O2/c1-2-20-17(24)14-4-3-5-15(10-14)22-18(25)13-6-8-16(9-7-13)23-12-19-11-21-23/h3-12H,2H2,1H3,(H,20,24)(H,22,25). The van der Waals surface area contributed by atoms with Crippen molar-refractivity contribution < 1.29 is 9.59 Å². The minimum atomic E-state index is -0.252. The van der Waals surface area contributed by atoms with Gasteiger partial charge in [-0.15, -0.1) is 0 Å². The number of nitrogens with one attached hydrogen (secondary N) is 2. The number of aromatic nitrogens is 3. The third kappa shape index (κ3) is 3.89. The summed E-state index contributed by atoms with van der Waals surface area (Å²) in [6.07, 6.45) is 3.03. The van der Waals surface area contributed by atoms with E-state index in [4.69, 9.17) is 0 Å². The van der Waals surface area contributed by atoms with E-state index in [0.717, 1.165) is 5.69 Å². The van der Waals surface area contributed by atoms with Crippen LogP contribution in [-0.2, 0) is 0 Å². The molecule has 0 spiro atoms. The highest BCUT2D eigenvalue weighted by molar-refractivity contribution is 6.05. The number of hydrogen-bond donors (Lipinski definition) is 2. The van der Waals surface area contributed by atoms with Gasteiger partial charge in [0.25, 0.3) is 11.8 Å². The molecule has 126 valence electrons. The van der Waals surface area contributed by atoms with E-state index in [1.807, 2.05) is 6.92 Å². The zero-order valence-corrected chi connectivity index (χ0v) is 13.6. The van der Waals surface area contributed by atoms with Crippen molar-refractivity contribution >= 4 is 17.5 Å². The second-order valence-corrected chi connectivity index (χ2v) is 5.28. The molecule has 3 aromatic rings. The summed E-state index contributed by atoms with van der Waals surface area (Å²) in [6, 6.07) is 13.8. The molecule has 2 N–H and O–H groups in total. The van der Waals surface area contributed by atoms with Gasteiger partial charge in [-0.3, -0.25) is 9.59 Å². The molecule has 0 bridgehead atoms. The molecule has 0 saturated heterocycles. The van der Waals surface area contributed by atoms with Crippen molar-refractivity contribution in [1.29, 1.82) is 0 Å². The Labute approximate surface area is 144 Å². The van der Waals surface area contributed by atoms with Crippen LogP contribution in [0.3, 0.4) is 0 Å². The fourth-order valence-corrected chi connectivity index (χ4v) is 2.31. The van der Waals surface area contributed by atoms with E-state index in [0.29, 0.717) is 23.4 Å². The smallest absolute Gasteiger partial charge is 0.255 e. The average Bonchev–Trinajstić information content (AvgIpc) is 3.17. The molecule has 25 heavy (non-hydrogen) atoms. The van der Waals surface area contributed by atoms with Crippen LogP contribution >= 0.6 is 0 Å². The van der Waals surface area contributed by atoms with Gasteiger partial charge in [0.05, 0.1) is 5.69 Å². The summed E-state index contributed by atoms with van der Waals surface area (Å²) in [5, 5.41) is 9.56. The minimum Gasteiger partial charge on any atom is -0.352 e. The zero-order chi connectivity index (χ0) is 17.6. The van der Waals surface area contributed by atoms with Gasteiger partial charge in [-0.1, -0.05) is 6.07 Å². The first-order chi connectivity index (χ1) is 12.2. The van der Waals surface area contributed by atoms with E-state index in [-0.39, 0.29) is 11.8 Å². The van der Waals surface area contributed by atoms with E-state index in [1.165, 1.54) is 6.33 Å². The van der Waals surface area contributed by atoms with Crippen LogP contribution in [0.25, 0.3) is 5.69 Å². The number of rotatable bonds is 5. The Bertz CT molecular complexity index is 873. The van der Waals surface area contributed by atoms with E-state index in [2.05, 4.69) is 20.7 Å². The van der Waals surface area contributed by atoms with Gasteiger partial charge in [0, 0.05) is 23.4 Å². The molecule has 0 saturated carbocycles. The highest BCUT2D eigenvalue weighted by Gasteiger charge is 2.09. The van der Waals surface area contributed by atoms with Crippen molar-refractivity contribution in [2.24, 2.45) is 0 Å². The minimum absolute atomic E-state index is 0.171. The molecule has 1 heterocycles. The van der Waals surface area contributed by atoms with Crippen molar-refractivity contribution in [3.63, 3.8) is 0 Å². The lowest BCUT2D eigenvalue weighted by molar-refractivity contribution is 0.0954. The molecule has 0 atom stereocenters. The molecule has 0 aliphatic rings. The Hall–Kier alpha value is -3.48. The largest absolute Gasteiger partial charge is 0.352 e. The topological polar surface area (TPSA) is 88.9 Å². The molecule has 0 unspecified atom stereocenters. The van der Waals surface area contributed by atoms with Crippen LogP contribution in [0, 0.1) is 0 Å². The van der Waals surface area contributed by atoms with Gasteiger partial charge < -0.3 is 10.6 Å². The van der Waals surface area contributed by atoms with E-state index in [1.54, 1.807) is 59.5 Å². The van der Waals surface area contributed by atoms with E-state index < -0.39 is 0 Å². The maximum atomic E-state index is 12.4. The summed E-state index contributed by atoms with van der Waals surface area (Å²) in [6.45, 7) is 2.40. The van der Waals surface area contributed by atoms with Crippen LogP contribution in [0.1, 0.15) is 27.6 Å². The molecule has 1 aromatic heterocycles. The lowest BCUT2D eigenvalue weighted by atomic mass is 10.1. The Morgan fingerprint density at radius 1 is 1.04 bits per heavy atom. The molecular formula is C18H17N5O2. The number of carbonyl (C=O) groups is 2. The molecule has 0 aliphatic heterocycles. The maximum absolute atomic E-state index is 12.4. The molecular weight excluding hydrogens is 318 g/mol. The number of amides is 2. The number of nitrogens with zero attached hydrogens (tertiary/aromatic N) is 3. The monoisotopic (exact) mass is 335 g/mol. The van der Waals surface area contributed by atoms with Gasteiger partial charge in [0.2, 0.25) is 0 Å². The van der Waals surface area contributed by atoms with Crippen molar-refractivity contribution in [3.05, 3.63) is 72.3 Å². The summed E-state index contributed by atoms with van der Waals surface area (Å²) >= 11 is 0. The molecule has 0 radical (unpaired) electrons. The molecule has 3 rings (SSSR count). The van der Waals surface area contributed by atoms with Crippen LogP contribution in [0.15, 0.2) is 61.2 Å². The van der Waals surface area contributed by atoms with Crippen LogP contribution in [0.5, 0.6) is 0 Å². The third-order valence-electron chi connectivity index (χ3n) is 3.53. The number of hydrogen-bond acceptors (Lipinski definition) is 4. The van der Waals surface area contributed by atoms with E-state index in [9.17, 15) is 9.59 Å². The summed E-state index contributed by atoms with van der Waals surface area (Å²) < 4.78 is 1.61. The lowest BCUT2D eigenvalue weighted by Crippen LogP contribution is -2.22. The Morgan fingerprint density at radius 3 is 2.52 bits per heavy atom. The second-order valence-electron chi connectivity index (χ2n) is 5.28. The zero-order valence-electron chi connectivity index (χ0n) is 13.6. The summed E-state index contributed by atoms with van der Waals surface area (Å²) in [5.41, 5.74) is 2.38. The van der Waals surface area contributed by atoms with Gasteiger partial charge in [0.15, 0.2) is 0 Å². The normalized spacial score (nSPS) is 10.3. The molecule has 0 aliphatic carbocycles. The Kier molecular flexibility index (Phi) is 4.84. The first-order valence-corrected chi connectivity index (χ1v) is 7.82. The van der Waals surface area contributed by atoms with Crippen molar-refractivity contribution in [2.75, 3.05) is 11.9 Å². The van der Waals surface area contributed by atoms with E-state index >= 15 is 0 Å². The first-order valence-electron chi connectivity index (χ1n) is 7.82. The molecule has 7 heteroatoms. The molecule has 2 aromatic carbocycles. The summed E-state index contributed by atoms with van der Waals surface area (Å²) in [7, 11) is 0. The van der Waals surface area contributed by atoms with Crippen LogP contribution in [0.4, 0.5) is 5.69 Å². The van der Waals surface area contributed by atoms with Crippen molar-refractivity contribution in [1.82, 2.24) is 20.1 Å². The number of benzene rings is 2. The first kappa shape index (κ1) is 16.4. The third-order valence-corrected chi connectivity index (χ3v) is 3.53. The fourth-order valence-electron chi connectivity index (χ4n) is 2.31. The fraction of sp³-hybridized carbons (Fsp3) is 0.111. The summed E-state index contributed by atoms with van der Waals surface area (Å²) in [5.74, 6) is -0.422. The van der Waals surface area contributed by atoms with Gasteiger partial charge in [-0.2, -0.15) is 5.10 Å². The predicted octanol–water partition coefficient (Wildman–Crippen LogP) is 2.27. The van der Waals surface area contributed by atoms with Gasteiger partial charge >= 0.3 is 0 Å². The van der Waals surface area contributed by atoms with Crippen LogP contribution in [-0.4, -0.2) is 33.1 Å². The van der Waals surface area contributed by atoms with Crippen molar-refractivity contribution in [3.8, 4) is 5.69 Å². The SMILES string of the molecule is CCNC(=O)c1cccc(NC(=O)c2ccc(-n3cncn3)cc2)c1. The molecule has 0 fully saturated rings. The Morgan fingerprint density at radius 2 is 1.84 bits per heavy atom. The Balaban J connectivity index is 1.72. The highest BCUT2D eigenvalue weighted by atomic mass is 16.2. The second kappa shape index (κ2) is 7.39. The lowest BCUT2D eigenvalue weighted by Gasteiger charge is -2.08. The molecule has 7 nitrogen and oxygen atoms in total. The maximum Gasteiger partial charge on any atom is 0.255 e. The van der Waals surface area contributed by atoms with Crippen molar-refractivity contribution in [2.45, 2.75) is 6.92 Å². The average molecular weight is 335 g/mol. The quantitative estimate of drug-likeness (QED) is 0.748. The number of anilines is 1. The summed E-state index contributed by atoms with van der Waals surface area (Å²) in [4.78, 5) is 28.1. The highest BCUT2D eigenvalue weighted by Crippen LogP contribution is 2.14. The van der Waals surface area contributed by atoms with Crippen LogP contribution < -0.4 is 10.6 Å². The van der Waals surface area contributed by atoms with Gasteiger partial charge in [-0.25, -0.2) is 9.67 Å². The van der Waals surface area contributed by atoms with Crippen LogP contribution in [0.2, 0.25) is 0 Å². The number of carbonyl (C=O) groups excluding carboxylic acids is 2. The van der Waals surface area contributed by atoms with Gasteiger partial charge in [0.1, 0.15) is 12.7 Å². The van der Waals surface area contributed by atoms with Gasteiger partial charge in [-0.05, 0) is 49.4 Å².